The van der Waals surface area contributed by atoms with Crippen molar-refractivity contribution in [3.63, 3.8) is 0 Å². The van der Waals surface area contributed by atoms with E-state index >= 15 is 0 Å². The highest BCUT2D eigenvalue weighted by Crippen LogP contribution is 2.32. The number of nitrogens with zero attached hydrogens (tertiary/aromatic N) is 3. The lowest BCUT2D eigenvalue weighted by molar-refractivity contribution is -0.150. The molecule has 104 valence electrons. The van der Waals surface area contributed by atoms with Crippen molar-refractivity contribution in [3.05, 3.63) is 30.0 Å². The summed E-state index contributed by atoms with van der Waals surface area (Å²) < 4.78 is 23.1. The van der Waals surface area contributed by atoms with Gasteiger partial charge in [0.05, 0.1) is 6.20 Å². The third kappa shape index (κ3) is 2.37. The van der Waals surface area contributed by atoms with Crippen molar-refractivity contribution in [1.29, 1.82) is 0 Å². The Labute approximate surface area is 112 Å². The van der Waals surface area contributed by atoms with Crippen LogP contribution in [0.2, 0.25) is 0 Å². The van der Waals surface area contributed by atoms with Crippen LogP contribution < -0.4 is 0 Å². The molecule has 3 heterocycles. The summed E-state index contributed by atoms with van der Waals surface area (Å²) in [4.78, 5) is 18.7. The van der Waals surface area contributed by atoms with Gasteiger partial charge in [-0.15, -0.1) is 0 Å². The number of hydrogen-bond acceptors (Lipinski definition) is 6. The molecule has 0 bridgehead atoms. The fraction of sp³-hybridized carbons (Fsp3) is 0.333. The zero-order valence-electron chi connectivity index (χ0n) is 10.2. The van der Waals surface area contributed by atoms with Crippen molar-refractivity contribution < 1.29 is 23.6 Å². The van der Waals surface area contributed by atoms with E-state index in [-0.39, 0.29) is 11.7 Å². The number of carboxylic acid groups (broad SMARTS) is 1. The van der Waals surface area contributed by atoms with Gasteiger partial charge in [-0.3, -0.25) is 0 Å². The quantitative estimate of drug-likeness (QED) is 0.910. The van der Waals surface area contributed by atoms with Crippen molar-refractivity contribution >= 4 is 5.97 Å². The Balaban J connectivity index is 1.77. The van der Waals surface area contributed by atoms with E-state index in [2.05, 4.69) is 15.1 Å². The Hall–Kier alpha value is -2.35. The predicted octanol–water partition coefficient (Wildman–Crippen LogP) is 1.58. The Kier molecular flexibility index (Phi) is 3.15. The van der Waals surface area contributed by atoms with Gasteiger partial charge < -0.3 is 14.4 Å². The lowest BCUT2D eigenvalue weighted by Crippen LogP contribution is -2.18. The molecule has 0 aromatic carbocycles. The molecule has 1 N–H and O–H groups in total. The number of halogens is 1. The molecule has 2 unspecified atom stereocenters. The molecule has 8 heteroatoms. The van der Waals surface area contributed by atoms with Gasteiger partial charge in [-0.1, -0.05) is 5.16 Å². The summed E-state index contributed by atoms with van der Waals surface area (Å²) in [5.41, 5.74) is 0.370. The molecule has 0 saturated carbocycles. The highest BCUT2D eigenvalue weighted by atomic mass is 19.1. The van der Waals surface area contributed by atoms with E-state index in [0.29, 0.717) is 18.5 Å². The summed E-state index contributed by atoms with van der Waals surface area (Å²) in [6.07, 6.45) is 0.567. The molecule has 0 radical (unpaired) electrons. The minimum absolute atomic E-state index is 0.204. The topological polar surface area (TPSA) is 98.3 Å². The molecule has 1 saturated heterocycles. The average molecular weight is 279 g/mol. The smallest absolute Gasteiger partial charge is 0.332 e. The van der Waals surface area contributed by atoms with Crippen LogP contribution in [-0.4, -0.2) is 32.3 Å². The fourth-order valence-electron chi connectivity index (χ4n) is 1.98. The summed E-state index contributed by atoms with van der Waals surface area (Å²) in [6, 6.07) is 2.67. The normalized spacial score (nSPS) is 22.1. The monoisotopic (exact) mass is 279 g/mol. The van der Waals surface area contributed by atoms with Crippen LogP contribution in [0.1, 0.15) is 24.8 Å². The first-order valence-electron chi connectivity index (χ1n) is 5.97. The molecule has 2 atom stereocenters. The summed E-state index contributed by atoms with van der Waals surface area (Å²) in [5.74, 6) is -1.05. The summed E-state index contributed by atoms with van der Waals surface area (Å²) in [5, 5.41) is 12.6. The molecule has 1 aliphatic heterocycles. The third-order valence-corrected chi connectivity index (χ3v) is 2.97. The van der Waals surface area contributed by atoms with E-state index in [1.165, 1.54) is 12.1 Å². The number of carbonyl (C=O) groups is 1. The summed E-state index contributed by atoms with van der Waals surface area (Å²) in [7, 11) is 0. The van der Waals surface area contributed by atoms with E-state index < -0.39 is 24.0 Å². The van der Waals surface area contributed by atoms with Gasteiger partial charge in [-0.05, 0) is 25.0 Å². The number of pyridine rings is 1. The minimum Gasteiger partial charge on any atom is -0.479 e. The Morgan fingerprint density at radius 3 is 2.90 bits per heavy atom. The standard InChI is InChI=1S/C12H10FN3O4/c13-6-1-2-7(14-5-6)10-15-11(20-16-10)8-3-4-9(19-8)12(17)18/h1-2,5,8-9H,3-4H2,(H,17,18). The highest BCUT2D eigenvalue weighted by molar-refractivity contribution is 5.72. The van der Waals surface area contributed by atoms with Crippen molar-refractivity contribution in [2.24, 2.45) is 0 Å². The maximum Gasteiger partial charge on any atom is 0.332 e. The first-order chi connectivity index (χ1) is 9.63. The van der Waals surface area contributed by atoms with E-state index in [1.807, 2.05) is 0 Å². The number of carboxylic acids is 1. The van der Waals surface area contributed by atoms with Crippen LogP contribution in [0.25, 0.3) is 11.5 Å². The molecule has 2 aromatic rings. The molecule has 0 spiro atoms. The van der Waals surface area contributed by atoms with E-state index in [4.69, 9.17) is 14.4 Å². The molecule has 7 nitrogen and oxygen atoms in total. The third-order valence-electron chi connectivity index (χ3n) is 2.97. The van der Waals surface area contributed by atoms with Crippen LogP contribution in [-0.2, 0) is 9.53 Å². The summed E-state index contributed by atoms with van der Waals surface area (Å²) in [6.45, 7) is 0. The lowest BCUT2D eigenvalue weighted by Gasteiger charge is -2.05. The van der Waals surface area contributed by atoms with Crippen molar-refractivity contribution in [2.45, 2.75) is 25.0 Å². The van der Waals surface area contributed by atoms with Gasteiger partial charge in [0.25, 0.3) is 5.89 Å². The molecule has 1 fully saturated rings. The van der Waals surface area contributed by atoms with Crippen LogP contribution in [0, 0.1) is 5.82 Å². The number of hydrogen-bond donors (Lipinski definition) is 1. The Morgan fingerprint density at radius 2 is 2.25 bits per heavy atom. The first kappa shape index (κ1) is 12.7. The Morgan fingerprint density at radius 1 is 1.40 bits per heavy atom. The second-order valence-corrected chi connectivity index (χ2v) is 4.35. The number of rotatable bonds is 3. The van der Waals surface area contributed by atoms with Crippen LogP contribution in [0.3, 0.4) is 0 Å². The van der Waals surface area contributed by atoms with E-state index in [1.54, 1.807) is 0 Å². The lowest BCUT2D eigenvalue weighted by atomic mass is 10.2. The molecule has 0 aliphatic carbocycles. The van der Waals surface area contributed by atoms with Crippen LogP contribution in [0.4, 0.5) is 4.39 Å². The van der Waals surface area contributed by atoms with Gasteiger partial charge in [-0.2, -0.15) is 4.98 Å². The zero-order chi connectivity index (χ0) is 14.1. The fourth-order valence-corrected chi connectivity index (χ4v) is 1.98. The predicted molar refractivity (Wildman–Crippen MR) is 62.0 cm³/mol. The second-order valence-electron chi connectivity index (χ2n) is 4.35. The average Bonchev–Trinajstić information content (AvgIpc) is 3.08. The molecular formula is C12H10FN3O4. The van der Waals surface area contributed by atoms with Gasteiger partial charge in [-0.25, -0.2) is 14.2 Å². The van der Waals surface area contributed by atoms with Gasteiger partial charge in [0.1, 0.15) is 17.6 Å². The molecular weight excluding hydrogens is 269 g/mol. The maximum atomic E-state index is 12.8. The van der Waals surface area contributed by atoms with Crippen molar-refractivity contribution in [3.8, 4) is 11.5 Å². The van der Waals surface area contributed by atoms with Crippen molar-refractivity contribution in [1.82, 2.24) is 15.1 Å². The van der Waals surface area contributed by atoms with Gasteiger partial charge >= 0.3 is 5.97 Å². The molecule has 1 aliphatic rings. The van der Waals surface area contributed by atoms with Gasteiger partial charge in [0.2, 0.25) is 5.82 Å². The largest absolute Gasteiger partial charge is 0.479 e. The summed E-state index contributed by atoms with van der Waals surface area (Å²) >= 11 is 0. The molecule has 0 amide bonds. The highest BCUT2D eigenvalue weighted by Gasteiger charge is 2.34. The van der Waals surface area contributed by atoms with Crippen LogP contribution >= 0.6 is 0 Å². The number of aromatic nitrogens is 3. The molecule has 20 heavy (non-hydrogen) atoms. The van der Waals surface area contributed by atoms with Crippen molar-refractivity contribution in [2.75, 3.05) is 0 Å². The van der Waals surface area contributed by atoms with Crippen LogP contribution in [0.15, 0.2) is 22.9 Å². The SMILES string of the molecule is O=C(O)C1CCC(c2nc(-c3ccc(F)cn3)no2)O1. The number of ether oxygens (including phenoxy) is 1. The maximum absolute atomic E-state index is 12.8. The molecule has 3 rings (SSSR count). The van der Waals surface area contributed by atoms with Crippen LogP contribution in [0.5, 0.6) is 0 Å². The molecule has 2 aromatic heterocycles. The second kappa shape index (κ2) is 4.97. The zero-order valence-corrected chi connectivity index (χ0v) is 10.2. The minimum atomic E-state index is -1.01. The Bertz CT molecular complexity index is 628. The van der Waals surface area contributed by atoms with E-state index in [9.17, 15) is 9.18 Å². The van der Waals surface area contributed by atoms with Gasteiger partial charge in [0.15, 0.2) is 6.10 Å². The number of aliphatic carboxylic acids is 1. The first-order valence-corrected chi connectivity index (χ1v) is 5.97. The van der Waals surface area contributed by atoms with E-state index in [0.717, 1.165) is 6.20 Å². The van der Waals surface area contributed by atoms with Gasteiger partial charge in [0, 0.05) is 0 Å².